The van der Waals surface area contributed by atoms with Gasteiger partial charge in [-0.2, -0.15) is 15.0 Å². The van der Waals surface area contributed by atoms with Crippen LogP contribution < -0.4 is 10.1 Å². The van der Waals surface area contributed by atoms with Gasteiger partial charge in [-0.25, -0.2) is 9.59 Å². The molecule has 3 aromatic rings. The number of halogens is 1. The Labute approximate surface area is 228 Å². The van der Waals surface area contributed by atoms with Gasteiger partial charge in [0.05, 0.1) is 23.5 Å². The van der Waals surface area contributed by atoms with E-state index in [9.17, 15) is 14.7 Å². The molecule has 1 aliphatic rings. The third kappa shape index (κ3) is 8.29. The van der Waals surface area contributed by atoms with Crippen LogP contribution in [0.5, 0.6) is 11.5 Å². The topological polar surface area (TPSA) is 147 Å². The number of rotatable bonds is 6. The van der Waals surface area contributed by atoms with Gasteiger partial charge in [-0.05, 0) is 66.0 Å². The molecule has 1 saturated carbocycles. The van der Waals surface area contributed by atoms with Crippen LogP contribution in [0.2, 0.25) is 0 Å². The lowest BCUT2D eigenvalue weighted by atomic mass is 9.83. The van der Waals surface area contributed by atoms with E-state index < -0.39 is 19.0 Å². The van der Waals surface area contributed by atoms with Gasteiger partial charge in [0.2, 0.25) is 0 Å². The minimum atomic E-state index is -2.74. The average Bonchev–Trinajstić information content (AvgIpc) is 3.43. The van der Waals surface area contributed by atoms with E-state index >= 15 is 0 Å². The number of benzene rings is 2. The highest BCUT2D eigenvalue weighted by Crippen LogP contribution is 2.27. The molecule has 0 aliphatic heterocycles. The molecule has 1 aromatic heterocycles. The normalized spacial score (nSPS) is 18.0. The Kier molecular flexibility index (Phi) is 10.2. The van der Waals surface area contributed by atoms with Crippen LogP contribution in [-0.2, 0) is 0 Å². The van der Waals surface area contributed by atoms with Crippen molar-refractivity contribution in [1.82, 2.24) is 20.3 Å². The minimum absolute atomic E-state index is 0.104. The maximum absolute atomic E-state index is 11.3. The fraction of sp³-hybridized carbons (Fsp3) is 0.385. The first-order valence-corrected chi connectivity index (χ1v) is 12.5. The van der Waals surface area contributed by atoms with E-state index in [1.165, 1.54) is 68.8 Å². The van der Waals surface area contributed by atoms with Crippen molar-refractivity contribution in [3.8, 4) is 17.2 Å². The van der Waals surface area contributed by atoms with Gasteiger partial charge < -0.3 is 25.4 Å². The molecule has 2 atom stereocenters. The Hall–Kier alpha value is -3.44. The Morgan fingerprint density at radius 3 is 2.27 bits per heavy atom. The van der Waals surface area contributed by atoms with Crippen LogP contribution in [0.1, 0.15) is 63.9 Å². The molecule has 2 unspecified atom stereocenters. The number of carboxylic acid groups (broad SMARTS) is 2. The molecule has 0 radical (unpaired) electrons. The number of aromatic nitrogens is 3. The lowest BCUT2D eigenvalue weighted by Crippen LogP contribution is -2.35. The van der Waals surface area contributed by atoms with E-state index in [-0.39, 0.29) is 28.3 Å². The van der Waals surface area contributed by atoms with Gasteiger partial charge in [0.15, 0.2) is 0 Å². The van der Waals surface area contributed by atoms with Crippen LogP contribution >= 0.6 is 15.9 Å². The molecule has 37 heavy (non-hydrogen) atoms. The van der Waals surface area contributed by atoms with Crippen molar-refractivity contribution >= 4 is 27.9 Å². The standard InChI is InChI=1S/C10H9N3O3.C9H19N.C7H5BrO3/c1-16-8-4-2-3-7(9(8)10(14)15)13-11-5-6-12-13;1-3-8-6-4-5-7-9(8)10-2;8-4-2-1-3-5(9)6(4)7(10)11/h2-6H,1H3,(H,14,15);8-10H,3-7H2,1-2H3;1-3,9H,(H,10,11)/i1D3;;. The summed E-state index contributed by atoms with van der Waals surface area (Å²) in [5.74, 6) is -2.00. The zero-order valence-corrected chi connectivity index (χ0v) is 22.2. The monoisotopic (exact) mass is 579 g/mol. The molecule has 0 saturated heterocycles. The molecular formula is C26H33BrN4O6. The van der Waals surface area contributed by atoms with Crippen molar-refractivity contribution in [3.63, 3.8) is 0 Å². The molecule has 4 rings (SSSR count). The maximum Gasteiger partial charge on any atom is 0.341 e. The number of phenols is 1. The number of nitrogens with one attached hydrogen (secondary N) is 1. The van der Waals surface area contributed by atoms with Crippen LogP contribution in [0.4, 0.5) is 0 Å². The molecule has 0 amide bonds. The molecule has 2 aromatic carbocycles. The van der Waals surface area contributed by atoms with Crippen LogP contribution in [0.3, 0.4) is 0 Å². The molecule has 4 N–H and O–H groups in total. The van der Waals surface area contributed by atoms with Gasteiger partial charge in [0, 0.05) is 10.5 Å². The van der Waals surface area contributed by atoms with Crippen molar-refractivity contribution in [2.45, 2.75) is 45.1 Å². The molecule has 10 nitrogen and oxygen atoms in total. The number of aromatic carboxylic acids is 2. The summed E-state index contributed by atoms with van der Waals surface area (Å²) in [6.45, 7) is 2.31. The molecule has 0 spiro atoms. The second-order valence-corrected chi connectivity index (χ2v) is 9.02. The highest BCUT2D eigenvalue weighted by Gasteiger charge is 2.21. The van der Waals surface area contributed by atoms with E-state index in [1.807, 2.05) is 0 Å². The summed E-state index contributed by atoms with van der Waals surface area (Å²) in [7, 11) is -0.640. The van der Waals surface area contributed by atoms with Crippen molar-refractivity contribution in [2.75, 3.05) is 14.1 Å². The van der Waals surface area contributed by atoms with E-state index in [0.29, 0.717) is 4.47 Å². The number of nitrogens with zero attached hydrogens (tertiary/aromatic N) is 3. The summed E-state index contributed by atoms with van der Waals surface area (Å²) in [6.07, 6.45) is 9.84. The number of carboxylic acids is 2. The van der Waals surface area contributed by atoms with Crippen molar-refractivity contribution in [2.24, 2.45) is 5.92 Å². The molecule has 200 valence electrons. The summed E-state index contributed by atoms with van der Waals surface area (Å²) in [5.41, 5.74) is -0.290. The fourth-order valence-electron chi connectivity index (χ4n) is 4.13. The average molecular weight is 580 g/mol. The molecule has 1 fully saturated rings. The maximum atomic E-state index is 11.3. The highest BCUT2D eigenvalue weighted by atomic mass is 79.9. The van der Waals surface area contributed by atoms with Gasteiger partial charge in [-0.3, -0.25) is 0 Å². The molecule has 11 heteroatoms. The van der Waals surface area contributed by atoms with Gasteiger partial charge in [0.1, 0.15) is 28.3 Å². The predicted octanol–water partition coefficient (Wildman–Crippen LogP) is 5.00. The lowest BCUT2D eigenvalue weighted by Gasteiger charge is -2.30. The first-order valence-electron chi connectivity index (χ1n) is 13.2. The Morgan fingerprint density at radius 1 is 1.11 bits per heavy atom. The first kappa shape index (κ1) is 25.2. The van der Waals surface area contributed by atoms with Gasteiger partial charge in [-0.15, -0.1) is 0 Å². The Bertz CT molecular complexity index is 1230. The van der Waals surface area contributed by atoms with Crippen LogP contribution in [-0.4, -0.2) is 62.4 Å². The number of ether oxygens (including phenoxy) is 1. The van der Waals surface area contributed by atoms with Crippen molar-refractivity contribution in [3.05, 3.63) is 64.4 Å². The van der Waals surface area contributed by atoms with Crippen LogP contribution in [0, 0.1) is 5.92 Å². The minimum Gasteiger partial charge on any atom is -0.507 e. The number of hydrogen-bond donors (Lipinski definition) is 4. The molecule has 1 heterocycles. The summed E-state index contributed by atoms with van der Waals surface area (Å²) in [6, 6.07) is 9.45. The lowest BCUT2D eigenvalue weighted by molar-refractivity contribution is 0.0681. The van der Waals surface area contributed by atoms with Crippen molar-refractivity contribution < 1.29 is 33.8 Å². The number of carbonyl (C=O) groups is 2. The SMILES string of the molecule is CCC1CCCCC1NC.O=C(O)c1c(O)cccc1Br.[2H]C([2H])([2H])Oc1cccc(-n2nccn2)c1C(=O)O. The van der Waals surface area contributed by atoms with Crippen molar-refractivity contribution in [1.29, 1.82) is 0 Å². The van der Waals surface area contributed by atoms with Gasteiger partial charge >= 0.3 is 11.9 Å². The van der Waals surface area contributed by atoms with Crippen LogP contribution in [0.15, 0.2) is 53.3 Å². The fourth-order valence-corrected chi connectivity index (χ4v) is 4.65. The van der Waals surface area contributed by atoms with E-state index in [2.05, 4.69) is 50.2 Å². The first-order chi connectivity index (χ1) is 18.9. The highest BCUT2D eigenvalue weighted by molar-refractivity contribution is 9.10. The van der Waals surface area contributed by atoms with Gasteiger partial charge in [-0.1, -0.05) is 38.3 Å². The van der Waals surface area contributed by atoms with E-state index in [0.717, 1.165) is 16.8 Å². The predicted molar refractivity (Wildman–Crippen MR) is 143 cm³/mol. The van der Waals surface area contributed by atoms with E-state index in [4.69, 9.17) is 14.3 Å². The third-order valence-corrected chi connectivity index (χ3v) is 6.63. The Morgan fingerprint density at radius 2 is 1.76 bits per heavy atom. The largest absolute Gasteiger partial charge is 0.507 e. The second kappa shape index (κ2) is 15.0. The molecule has 0 bridgehead atoms. The smallest absolute Gasteiger partial charge is 0.341 e. The molecular weight excluding hydrogens is 544 g/mol. The third-order valence-electron chi connectivity index (χ3n) is 5.97. The zero-order chi connectivity index (χ0) is 29.9. The second-order valence-electron chi connectivity index (χ2n) is 8.16. The van der Waals surface area contributed by atoms with E-state index in [1.54, 1.807) is 12.1 Å². The van der Waals surface area contributed by atoms with Gasteiger partial charge in [0.25, 0.3) is 0 Å². The summed E-state index contributed by atoms with van der Waals surface area (Å²) < 4.78 is 26.2. The number of aromatic hydroxyl groups is 1. The molecule has 1 aliphatic carbocycles. The number of hydrogen-bond acceptors (Lipinski definition) is 7. The quantitative estimate of drug-likeness (QED) is 0.316. The summed E-state index contributed by atoms with van der Waals surface area (Å²) in [4.78, 5) is 22.8. The van der Waals surface area contributed by atoms with Crippen LogP contribution in [0.25, 0.3) is 5.69 Å². The summed E-state index contributed by atoms with van der Waals surface area (Å²) >= 11 is 3.01. The Balaban J connectivity index is 0.000000228. The zero-order valence-electron chi connectivity index (χ0n) is 23.6. The number of methoxy groups -OCH3 is 1. The summed E-state index contributed by atoms with van der Waals surface area (Å²) in [5, 5.41) is 37.8.